The van der Waals surface area contributed by atoms with E-state index in [1.54, 1.807) is 18.3 Å². The first-order chi connectivity index (χ1) is 13.5. The van der Waals surface area contributed by atoms with E-state index in [2.05, 4.69) is 20.2 Å². The molecular weight excluding hydrogens is 378 g/mol. The molecule has 0 saturated carbocycles. The van der Waals surface area contributed by atoms with Crippen molar-refractivity contribution in [3.8, 4) is 0 Å². The van der Waals surface area contributed by atoms with Gasteiger partial charge in [0, 0.05) is 41.6 Å². The molecule has 8 heteroatoms. The molecule has 1 fully saturated rings. The number of fused-ring (bicyclic) bond motifs is 1. The summed E-state index contributed by atoms with van der Waals surface area (Å²) in [6, 6.07) is 9.28. The third-order valence-electron chi connectivity index (χ3n) is 4.62. The van der Waals surface area contributed by atoms with Crippen LogP contribution in [0.3, 0.4) is 0 Å². The van der Waals surface area contributed by atoms with E-state index in [1.165, 1.54) is 0 Å². The topological polar surface area (TPSA) is 93.4 Å². The van der Waals surface area contributed by atoms with Crippen LogP contribution in [-0.4, -0.2) is 42.2 Å². The Hall–Kier alpha value is -2.90. The first-order valence-electron chi connectivity index (χ1n) is 8.97. The SMILES string of the molecule is Cc1cc(Cl)c2nc(Nc3cc(C(N)=O)cc(N4CCOCC4)c3)ncc2c1. The van der Waals surface area contributed by atoms with E-state index in [0.717, 1.165) is 29.7 Å². The van der Waals surface area contributed by atoms with Crippen molar-refractivity contribution in [2.75, 3.05) is 36.5 Å². The molecule has 2 aromatic carbocycles. The summed E-state index contributed by atoms with van der Waals surface area (Å²) >= 11 is 6.33. The molecule has 4 rings (SSSR count). The van der Waals surface area contributed by atoms with Gasteiger partial charge in [0.05, 0.1) is 23.8 Å². The number of nitrogens with one attached hydrogen (secondary N) is 1. The van der Waals surface area contributed by atoms with Gasteiger partial charge in [0.25, 0.3) is 0 Å². The number of carbonyl (C=O) groups excluding carboxylic acids is 1. The Bertz CT molecular complexity index is 1050. The molecule has 1 aliphatic rings. The number of primary amides is 1. The predicted molar refractivity (Wildman–Crippen MR) is 111 cm³/mol. The smallest absolute Gasteiger partial charge is 0.248 e. The number of amides is 1. The van der Waals surface area contributed by atoms with Crippen LogP contribution in [0, 0.1) is 6.92 Å². The molecule has 0 spiro atoms. The molecule has 0 unspecified atom stereocenters. The van der Waals surface area contributed by atoms with Crippen LogP contribution in [0.2, 0.25) is 5.02 Å². The van der Waals surface area contributed by atoms with Crippen LogP contribution < -0.4 is 16.0 Å². The lowest BCUT2D eigenvalue weighted by molar-refractivity contribution is 0.100. The number of ether oxygens (including phenoxy) is 1. The number of benzene rings is 2. The zero-order chi connectivity index (χ0) is 19.7. The lowest BCUT2D eigenvalue weighted by Crippen LogP contribution is -2.36. The van der Waals surface area contributed by atoms with Crippen molar-refractivity contribution in [2.45, 2.75) is 6.92 Å². The second-order valence-electron chi connectivity index (χ2n) is 6.74. The molecule has 1 saturated heterocycles. The third-order valence-corrected chi connectivity index (χ3v) is 4.90. The van der Waals surface area contributed by atoms with Gasteiger partial charge in [0.1, 0.15) is 0 Å². The first-order valence-corrected chi connectivity index (χ1v) is 9.35. The molecule has 1 aromatic heterocycles. The Morgan fingerprint density at radius 1 is 1.21 bits per heavy atom. The van der Waals surface area contributed by atoms with Crippen molar-refractivity contribution in [3.05, 3.63) is 52.7 Å². The molecule has 28 heavy (non-hydrogen) atoms. The quantitative estimate of drug-likeness (QED) is 0.701. The average molecular weight is 398 g/mol. The number of nitrogens with zero attached hydrogens (tertiary/aromatic N) is 3. The van der Waals surface area contributed by atoms with E-state index >= 15 is 0 Å². The van der Waals surface area contributed by atoms with Crippen LogP contribution in [0.4, 0.5) is 17.3 Å². The minimum atomic E-state index is -0.490. The Labute approximate surface area is 167 Å². The molecule has 1 amide bonds. The van der Waals surface area contributed by atoms with Crippen molar-refractivity contribution in [1.82, 2.24) is 9.97 Å². The number of hydrogen-bond acceptors (Lipinski definition) is 6. The molecule has 1 aliphatic heterocycles. The van der Waals surface area contributed by atoms with Crippen LogP contribution in [0.15, 0.2) is 36.5 Å². The third kappa shape index (κ3) is 3.85. The van der Waals surface area contributed by atoms with E-state index in [4.69, 9.17) is 22.1 Å². The summed E-state index contributed by atoms with van der Waals surface area (Å²) in [5.41, 5.74) is 9.24. The van der Waals surface area contributed by atoms with Crippen LogP contribution in [-0.2, 0) is 4.74 Å². The largest absolute Gasteiger partial charge is 0.378 e. The number of aromatic nitrogens is 2. The fraction of sp³-hybridized carbons (Fsp3) is 0.250. The lowest BCUT2D eigenvalue weighted by atomic mass is 10.1. The molecule has 2 heterocycles. The van der Waals surface area contributed by atoms with Gasteiger partial charge in [0.2, 0.25) is 11.9 Å². The Balaban J connectivity index is 1.69. The van der Waals surface area contributed by atoms with Gasteiger partial charge in [-0.2, -0.15) is 0 Å². The summed E-state index contributed by atoms with van der Waals surface area (Å²) in [5.74, 6) is -0.0936. The Morgan fingerprint density at radius 3 is 2.75 bits per heavy atom. The molecule has 0 atom stereocenters. The van der Waals surface area contributed by atoms with Crippen molar-refractivity contribution in [2.24, 2.45) is 5.73 Å². The molecule has 3 N–H and O–H groups in total. The minimum Gasteiger partial charge on any atom is -0.378 e. The van der Waals surface area contributed by atoms with Crippen molar-refractivity contribution >= 4 is 45.7 Å². The molecule has 0 radical (unpaired) electrons. The van der Waals surface area contributed by atoms with Crippen LogP contribution in [0.1, 0.15) is 15.9 Å². The molecular formula is C20H20ClN5O2. The van der Waals surface area contributed by atoms with Gasteiger partial charge in [-0.15, -0.1) is 0 Å². The van der Waals surface area contributed by atoms with E-state index in [0.29, 0.717) is 41.0 Å². The van der Waals surface area contributed by atoms with Gasteiger partial charge in [-0.3, -0.25) is 4.79 Å². The Morgan fingerprint density at radius 2 is 2.00 bits per heavy atom. The summed E-state index contributed by atoms with van der Waals surface area (Å²) in [7, 11) is 0. The van der Waals surface area contributed by atoms with Crippen molar-refractivity contribution < 1.29 is 9.53 Å². The second kappa shape index (κ2) is 7.61. The first kappa shape index (κ1) is 18.5. The van der Waals surface area contributed by atoms with Gasteiger partial charge < -0.3 is 20.7 Å². The maximum absolute atomic E-state index is 11.8. The average Bonchev–Trinajstić information content (AvgIpc) is 2.69. The number of hydrogen-bond donors (Lipinski definition) is 2. The van der Waals surface area contributed by atoms with Crippen LogP contribution in [0.25, 0.3) is 10.9 Å². The molecule has 3 aromatic rings. The van der Waals surface area contributed by atoms with Gasteiger partial charge in [-0.05, 0) is 42.8 Å². The maximum atomic E-state index is 11.8. The van der Waals surface area contributed by atoms with E-state index in [1.807, 2.05) is 25.1 Å². The van der Waals surface area contributed by atoms with Crippen molar-refractivity contribution in [1.29, 1.82) is 0 Å². The fourth-order valence-electron chi connectivity index (χ4n) is 3.26. The number of morpholine rings is 1. The highest BCUT2D eigenvalue weighted by Crippen LogP contribution is 2.27. The fourth-order valence-corrected chi connectivity index (χ4v) is 3.59. The number of rotatable bonds is 4. The molecule has 0 aliphatic carbocycles. The van der Waals surface area contributed by atoms with Crippen LogP contribution >= 0.6 is 11.6 Å². The number of halogens is 1. The normalized spacial score (nSPS) is 14.3. The summed E-state index contributed by atoms with van der Waals surface area (Å²) in [6.45, 7) is 4.77. The van der Waals surface area contributed by atoms with Crippen molar-refractivity contribution in [3.63, 3.8) is 0 Å². The van der Waals surface area contributed by atoms with Gasteiger partial charge in [-0.1, -0.05) is 11.6 Å². The van der Waals surface area contributed by atoms with E-state index in [9.17, 15) is 4.79 Å². The minimum absolute atomic E-state index is 0.396. The Kier molecular flexibility index (Phi) is 5.02. The molecule has 0 bridgehead atoms. The van der Waals surface area contributed by atoms with Gasteiger partial charge in [-0.25, -0.2) is 9.97 Å². The summed E-state index contributed by atoms with van der Waals surface area (Å²) < 4.78 is 5.40. The second-order valence-corrected chi connectivity index (χ2v) is 7.14. The highest BCUT2D eigenvalue weighted by molar-refractivity contribution is 6.35. The van der Waals surface area contributed by atoms with Crippen LogP contribution in [0.5, 0.6) is 0 Å². The standard InChI is InChI=1S/C20H20ClN5O2/c1-12-6-14-11-23-20(25-18(14)17(21)7-12)24-15-8-13(19(22)27)9-16(10-15)26-2-4-28-5-3-26/h6-11H,2-5H2,1H3,(H2,22,27)(H,23,24,25). The zero-order valence-corrected chi connectivity index (χ0v) is 16.2. The van der Waals surface area contributed by atoms with Gasteiger partial charge >= 0.3 is 0 Å². The molecule has 7 nitrogen and oxygen atoms in total. The van der Waals surface area contributed by atoms with E-state index < -0.39 is 5.91 Å². The maximum Gasteiger partial charge on any atom is 0.248 e. The number of aryl methyl sites for hydroxylation is 1. The zero-order valence-electron chi connectivity index (χ0n) is 15.4. The summed E-state index contributed by atoms with van der Waals surface area (Å²) in [6.07, 6.45) is 1.73. The predicted octanol–water partition coefficient (Wildman–Crippen LogP) is 3.27. The number of anilines is 3. The summed E-state index contributed by atoms with van der Waals surface area (Å²) in [4.78, 5) is 22.8. The highest BCUT2D eigenvalue weighted by Gasteiger charge is 2.15. The summed E-state index contributed by atoms with van der Waals surface area (Å²) in [5, 5.41) is 4.61. The highest BCUT2D eigenvalue weighted by atomic mass is 35.5. The lowest BCUT2D eigenvalue weighted by Gasteiger charge is -2.29. The number of nitrogens with two attached hydrogens (primary N) is 1. The number of carbonyl (C=O) groups is 1. The van der Waals surface area contributed by atoms with E-state index in [-0.39, 0.29) is 0 Å². The van der Waals surface area contributed by atoms with Gasteiger partial charge in [0.15, 0.2) is 0 Å². The molecule has 144 valence electrons. The monoisotopic (exact) mass is 397 g/mol.